The smallest absolute Gasteiger partial charge is 0.456 e. The van der Waals surface area contributed by atoms with E-state index in [9.17, 15) is 19.0 Å². The molecule has 1 amide bonds. The third-order valence-electron chi connectivity index (χ3n) is 12.9. The number of allylic oxidation sites excluding steroid dienone is 17. The van der Waals surface area contributed by atoms with Gasteiger partial charge < -0.3 is 19.4 Å². The first kappa shape index (κ1) is 72.7. The normalized spacial score (nSPS) is 14.5. The number of phosphoric ester groups is 1. The van der Waals surface area contributed by atoms with Crippen molar-refractivity contribution in [1.29, 1.82) is 0 Å². The van der Waals surface area contributed by atoms with Crippen LogP contribution in [-0.4, -0.2) is 74.3 Å². The Morgan fingerprint density at radius 1 is 0.474 bits per heavy atom. The highest BCUT2D eigenvalue weighted by atomic mass is 31.2. The molecule has 9 nitrogen and oxygen atoms in total. The molecule has 0 bridgehead atoms. The number of ether oxygens (including phenoxy) is 1. The van der Waals surface area contributed by atoms with E-state index >= 15 is 0 Å². The monoisotopic (exact) mass is 1080 g/mol. The number of esters is 1. The second-order valence-corrected chi connectivity index (χ2v) is 22.9. The molecule has 0 rings (SSSR count). The molecule has 0 saturated heterocycles. The fourth-order valence-corrected chi connectivity index (χ4v) is 8.94. The third-order valence-corrected chi connectivity index (χ3v) is 13.9. The molecule has 3 unspecified atom stereocenters. The first-order valence-electron chi connectivity index (χ1n) is 30.7. The van der Waals surface area contributed by atoms with Crippen molar-refractivity contribution in [2.24, 2.45) is 0 Å². The summed E-state index contributed by atoms with van der Waals surface area (Å²) in [7, 11) is 1.45. The van der Waals surface area contributed by atoms with Gasteiger partial charge in [-0.2, -0.15) is 0 Å². The Bertz CT molecular complexity index is 1670. The number of carbonyl (C=O) groups is 2. The van der Waals surface area contributed by atoms with Gasteiger partial charge in [-0.25, -0.2) is 4.57 Å². The molecule has 3 atom stereocenters. The molecule has 0 aromatic carbocycles. The van der Waals surface area contributed by atoms with Crippen LogP contribution < -0.4 is 5.32 Å². The van der Waals surface area contributed by atoms with Crippen LogP contribution in [0.4, 0.5) is 0 Å². The topological polar surface area (TPSA) is 111 Å². The van der Waals surface area contributed by atoms with Gasteiger partial charge in [0, 0.05) is 12.8 Å². The highest BCUT2D eigenvalue weighted by molar-refractivity contribution is 7.47. The molecule has 0 radical (unpaired) electrons. The zero-order valence-electron chi connectivity index (χ0n) is 49.7. The number of amides is 1. The minimum Gasteiger partial charge on any atom is -0.456 e. The van der Waals surface area contributed by atoms with Crippen molar-refractivity contribution < 1.29 is 37.3 Å². The van der Waals surface area contributed by atoms with E-state index in [4.69, 9.17) is 13.8 Å². The summed E-state index contributed by atoms with van der Waals surface area (Å²) in [4.78, 5) is 37.7. The van der Waals surface area contributed by atoms with Crippen molar-refractivity contribution in [3.05, 3.63) is 109 Å². The van der Waals surface area contributed by atoms with Crippen LogP contribution in [0.2, 0.25) is 0 Å². The highest BCUT2D eigenvalue weighted by Gasteiger charge is 2.30. The van der Waals surface area contributed by atoms with Gasteiger partial charge in [0.05, 0.1) is 33.8 Å². The second kappa shape index (κ2) is 55.0. The number of likely N-dealkylation sites (N-methyl/N-ethyl adjacent to an activating group) is 1. The van der Waals surface area contributed by atoms with Crippen LogP contribution in [0, 0.1) is 0 Å². The Kier molecular flexibility index (Phi) is 52.6. The Labute approximate surface area is 468 Å². The lowest BCUT2D eigenvalue weighted by atomic mass is 10.0. The summed E-state index contributed by atoms with van der Waals surface area (Å²) in [5.74, 6) is -0.571. The molecule has 0 saturated carbocycles. The van der Waals surface area contributed by atoms with Gasteiger partial charge in [-0.1, -0.05) is 227 Å². The lowest BCUT2D eigenvalue weighted by molar-refractivity contribution is -0.870. The Morgan fingerprint density at radius 3 is 1.30 bits per heavy atom. The van der Waals surface area contributed by atoms with Crippen LogP contribution in [0.1, 0.15) is 245 Å². The number of hydrogen-bond donors (Lipinski definition) is 2. The molecule has 2 N–H and O–H groups in total. The van der Waals surface area contributed by atoms with Crippen molar-refractivity contribution in [3.63, 3.8) is 0 Å². The van der Waals surface area contributed by atoms with E-state index < -0.39 is 20.0 Å². The van der Waals surface area contributed by atoms with Crippen LogP contribution in [0.3, 0.4) is 0 Å². The maximum atomic E-state index is 13.5. The molecule has 76 heavy (non-hydrogen) atoms. The first-order valence-corrected chi connectivity index (χ1v) is 32.2. The highest BCUT2D eigenvalue weighted by Crippen LogP contribution is 2.43. The van der Waals surface area contributed by atoms with E-state index in [1.54, 1.807) is 0 Å². The summed E-state index contributed by atoms with van der Waals surface area (Å²) in [6, 6.07) is -0.877. The number of unbranched alkanes of at least 4 members (excludes halogenated alkanes) is 22. The van der Waals surface area contributed by atoms with E-state index in [1.807, 2.05) is 33.3 Å². The number of nitrogens with zero attached hydrogens (tertiary/aromatic N) is 1. The lowest BCUT2D eigenvalue weighted by Gasteiger charge is -2.27. The molecule has 0 fully saturated rings. The van der Waals surface area contributed by atoms with E-state index in [1.165, 1.54) is 96.3 Å². The van der Waals surface area contributed by atoms with E-state index in [2.05, 4.69) is 123 Å². The van der Waals surface area contributed by atoms with Gasteiger partial charge in [0.1, 0.15) is 19.3 Å². The molecule has 436 valence electrons. The summed E-state index contributed by atoms with van der Waals surface area (Å²) in [5, 5.41) is 3.04. The van der Waals surface area contributed by atoms with E-state index in [0.29, 0.717) is 23.9 Å². The van der Waals surface area contributed by atoms with Gasteiger partial charge in [-0.05, 0) is 115 Å². The minimum atomic E-state index is -4.47. The number of carbonyl (C=O) groups excluding carboxylic acids is 2. The van der Waals surface area contributed by atoms with Crippen molar-refractivity contribution in [3.8, 4) is 0 Å². The Balaban J connectivity index is 5.38. The van der Waals surface area contributed by atoms with Gasteiger partial charge in [-0.3, -0.25) is 18.6 Å². The summed E-state index contributed by atoms with van der Waals surface area (Å²) in [6.45, 7) is 6.82. The number of phosphoric acid groups is 1. The summed E-state index contributed by atoms with van der Waals surface area (Å²) in [5.41, 5.74) is 0. The molecule has 0 aromatic heterocycles. The number of quaternary nitrogens is 1. The maximum Gasteiger partial charge on any atom is 0.472 e. The summed E-state index contributed by atoms with van der Waals surface area (Å²) in [6.07, 6.45) is 75.1. The predicted octanol–water partition coefficient (Wildman–Crippen LogP) is 18.9. The molecule has 10 heteroatoms. The zero-order chi connectivity index (χ0) is 55.7. The second-order valence-electron chi connectivity index (χ2n) is 21.5. The number of hydrogen-bond acceptors (Lipinski definition) is 6. The van der Waals surface area contributed by atoms with Crippen LogP contribution in [-0.2, 0) is 27.9 Å². The van der Waals surface area contributed by atoms with Crippen molar-refractivity contribution in [1.82, 2.24) is 5.32 Å². The van der Waals surface area contributed by atoms with Crippen LogP contribution >= 0.6 is 7.82 Å². The zero-order valence-corrected chi connectivity index (χ0v) is 50.6. The molecule has 0 aromatic rings. The average Bonchev–Trinajstić information content (AvgIpc) is 3.38. The first-order chi connectivity index (χ1) is 36.9. The molecule has 0 spiro atoms. The van der Waals surface area contributed by atoms with Gasteiger partial charge >= 0.3 is 13.8 Å². The van der Waals surface area contributed by atoms with Crippen molar-refractivity contribution in [2.75, 3.05) is 40.9 Å². The van der Waals surface area contributed by atoms with E-state index in [-0.39, 0.29) is 31.5 Å². The maximum absolute atomic E-state index is 13.5. The molecule has 0 aliphatic rings. The molecular weight excluding hydrogens is 964 g/mol. The number of nitrogens with one attached hydrogen (secondary N) is 1. The van der Waals surface area contributed by atoms with Crippen LogP contribution in [0.5, 0.6) is 0 Å². The van der Waals surface area contributed by atoms with Gasteiger partial charge in [0.2, 0.25) is 5.91 Å². The average molecular weight is 1080 g/mol. The standard InChI is InChI=1S/C66H115N2O7P/c1-7-10-13-16-19-22-25-28-30-32-33-34-35-37-39-41-44-47-50-53-56-59-66(70)75-64(57-54-51-48-45-42-27-24-21-18-15-12-9-3)63(62-74-76(71,72)73-61-60-68(4,5)6)67-65(69)58-55-52-49-46-43-40-38-36-31-29-26-23-20-17-14-11-8-2/h10,13,19-20,22-23,28-31,33-34,37,39,44,47,54,57,63-64H,7-9,11-12,14-18,21,24-27,32,35-36,38,40-43,45-46,48-53,55-56,58-62H2,1-6H3,(H-,67,69,71,72)/p+1/b13-10-,22-19-,23-20-,30-28-,31-29-,34-33-,39-37-,47-44-,57-54+. The Morgan fingerprint density at radius 2 is 0.842 bits per heavy atom. The lowest BCUT2D eigenvalue weighted by Crippen LogP contribution is -2.47. The van der Waals surface area contributed by atoms with Crippen molar-refractivity contribution in [2.45, 2.75) is 258 Å². The SMILES string of the molecule is CC/C=C\C/C=C\C/C=C\C/C=C\C/C=C\C/C=C\CCCCC(=O)OC(/C=C/CCCCCCCCCCCC)C(COP(=O)(O)OCC[N+](C)(C)C)NC(=O)CCCCCCCCC/C=C\C/C=C\CCCCC. The van der Waals surface area contributed by atoms with Crippen LogP contribution in [0.15, 0.2) is 109 Å². The molecule has 0 heterocycles. The van der Waals surface area contributed by atoms with Crippen molar-refractivity contribution >= 4 is 19.7 Å². The Hall–Kier alpha value is -3.33. The molecule has 0 aliphatic heterocycles. The van der Waals surface area contributed by atoms with Gasteiger partial charge in [0.25, 0.3) is 0 Å². The molecule has 0 aliphatic carbocycles. The quantitative estimate of drug-likeness (QED) is 0.0205. The predicted molar refractivity (Wildman–Crippen MR) is 327 cm³/mol. The summed E-state index contributed by atoms with van der Waals surface area (Å²) >= 11 is 0. The van der Waals surface area contributed by atoms with Gasteiger partial charge in [-0.15, -0.1) is 0 Å². The fourth-order valence-electron chi connectivity index (χ4n) is 8.21. The number of rotatable bonds is 54. The minimum absolute atomic E-state index is 0.0260. The van der Waals surface area contributed by atoms with Gasteiger partial charge in [0.15, 0.2) is 0 Å². The van der Waals surface area contributed by atoms with Crippen LogP contribution in [0.25, 0.3) is 0 Å². The third kappa shape index (κ3) is 55.4. The summed E-state index contributed by atoms with van der Waals surface area (Å²) < 4.78 is 30.6. The fraction of sp³-hybridized carbons (Fsp3) is 0.697. The largest absolute Gasteiger partial charge is 0.472 e. The van der Waals surface area contributed by atoms with E-state index in [0.717, 1.165) is 109 Å². The molecular formula is C66H116N2O7P+.